The number of carbonyl (C=O) groups excluding carboxylic acids is 1. The summed E-state index contributed by atoms with van der Waals surface area (Å²) in [4.78, 5) is 28.1. The standard InChI is InChI=1S/C12H16N4O3S/c1-7-5-15(6-8(2)20-7)12(17)10-3-9(16(18)19)4-14-11(10)13/h3-4,7-8H,5-6H2,1-2H3,(H2,13,14). The topological polar surface area (TPSA) is 102 Å². The average molecular weight is 296 g/mol. The molecule has 1 aromatic heterocycles. The van der Waals surface area contributed by atoms with E-state index >= 15 is 0 Å². The van der Waals surface area contributed by atoms with Crippen LogP contribution in [0, 0.1) is 10.1 Å². The monoisotopic (exact) mass is 296 g/mol. The van der Waals surface area contributed by atoms with Crippen LogP contribution >= 0.6 is 11.8 Å². The summed E-state index contributed by atoms with van der Waals surface area (Å²) >= 11 is 1.82. The van der Waals surface area contributed by atoms with E-state index in [0.29, 0.717) is 23.6 Å². The Morgan fingerprint density at radius 3 is 2.65 bits per heavy atom. The Balaban J connectivity index is 2.28. The predicted molar refractivity (Wildman–Crippen MR) is 77.7 cm³/mol. The summed E-state index contributed by atoms with van der Waals surface area (Å²) in [5.74, 6) is -0.267. The molecule has 7 nitrogen and oxygen atoms in total. The van der Waals surface area contributed by atoms with Gasteiger partial charge in [-0.05, 0) is 0 Å². The van der Waals surface area contributed by atoms with Crippen molar-refractivity contribution in [3.05, 3.63) is 27.9 Å². The van der Waals surface area contributed by atoms with Crippen LogP contribution in [0.2, 0.25) is 0 Å². The third kappa shape index (κ3) is 3.01. The first kappa shape index (κ1) is 14.6. The smallest absolute Gasteiger partial charge is 0.288 e. The second kappa shape index (κ2) is 5.66. The maximum absolute atomic E-state index is 12.5. The fourth-order valence-electron chi connectivity index (χ4n) is 2.25. The molecular weight excluding hydrogens is 280 g/mol. The van der Waals surface area contributed by atoms with Gasteiger partial charge >= 0.3 is 0 Å². The Morgan fingerprint density at radius 2 is 2.10 bits per heavy atom. The molecule has 1 aromatic rings. The lowest BCUT2D eigenvalue weighted by molar-refractivity contribution is -0.385. The molecule has 1 amide bonds. The minimum atomic E-state index is -0.583. The molecule has 2 atom stereocenters. The van der Waals surface area contributed by atoms with Gasteiger partial charge in [0.25, 0.3) is 11.6 Å². The van der Waals surface area contributed by atoms with Gasteiger partial charge in [0.2, 0.25) is 0 Å². The first-order valence-corrected chi connectivity index (χ1v) is 7.17. The van der Waals surface area contributed by atoms with Gasteiger partial charge in [0.1, 0.15) is 12.0 Å². The van der Waals surface area contributed by atoms with Crippen molar-refractivity contribution in [1.82, 2.24) is 9.88 Å². The number of hydrogen-bond acceptors (Lipinski definition) is 6. The zero-order valence-corrected chi connectivity index (χ0v) is 12.1. The summed E-state index contributed by atoms with van der Waals surface area (Å²) in [6.45, 7) is 5.32. The maximum atomic E-state index is 12.5. The summed E-state index contributed by atoms with van der Waals surface area (Å²) in [7, 11) is 0. The largest absolute Gasteiger partial charge is 0.383 e. The van der Waals surface area contributed by atoms with Crippen LogP contribution in [0.15, 0.2) is 12.3 Å². The molecule has 1 fully saturated rings. The van der Waals surface area contributed by atoms with E-state index in [1.807, 2.05) is 11.8 Å². The number of pyridine rings is 1. The van der Waals surface area contributed by atoms with Crippen molar-refractivity contribution in [3.8, 4) is 0 Å². The van der Waals surface area contributed by atoms with Crippen LogP contribution in [0.25, 0.3) is 0 Å². The van der Waals surface area contributed by atoms with Gasteiger partial charge in [-0.1, -0.05) is 13.8 Å². The van der Waals surface area contributed by atoms with Crippen LogP contribution in [0.1, 0.15) is 24.2 Å². The van der Waals surface area contributed by atoms with Gasteiger partial charge in [0.05, 0.1) is 10.5 Å². The van der Waals surface area contributed by atoms with Crippen LogP contribution in [0.4, 0.5) is 11.5 Å². The van der Waals surface area contributed by atoms with E-state index in [-0.39, 0.29) is 23.0 Å². The molecule has 2 unspecified atom stereocenters. The van der Waals surface area contributed by atoms with Crippen molar-refractivity contribution in [1.29, 1.82) is 0 Å². The maximum Gasteiger partial charge on any atom is 0.288 e. The zero-order chi connectivity index (χ0) is 14.9. The molecule has 20 heavy (non-hydrogen) atoms. The normalized spacial score (nSPS) is 22.6. The highest BCUT2D eigenvalue weighted by Crippen LogP contribution is 2.27. The number of nitro groups is 1. The summed E-state index contributed by atoms with van der Waals surface area (Å²) in [6, 6.07) is 1.20. The summed E-state index contributed by atoms with van der Waals surface area (Å²) in [5, 5.41) is 11.4. The molecule has 2 heterocycles. The van der Waals surface area contributed by atoms with Gasteiger partial charge in [-0.25, -0.2) is 4.98 Å². The lowest BCUT2D eigenvalue weighted by Gasteiger charge is -2.34. The Hall–Kier alpha value is -1.83. The number of anilines is 1. The molecule has 0 spiro atoms. The number of aromatic nitrogens is 1. The third-order valence-corrected chi connectivity index (χ3v) is 4.28. The molecule has 1 saturated heterocycles. The molecule has 0 aliphatic carbocycles. The van der Waals surface area contributed by atoms with E-state index in [9.17, 15) is 14.9 Å². The van der Waals surface area contributed by atoms with Crippen molar-refractivity contribution >= 4 is 29.2 Å². The van der Waals surface area contributed by atoms with E-state index in [2.05, 4.69) is 18.8 Å². The Labute approximate surface area is 120 Å². The lowest BCUT2D eigenvalue weighted by Crippen LogP contribution is -2.44. The molecule has 0 aromatic carbocycles. The van der Waals surface area contributed by atoms with Gasteiger partial charge in [-0.3, -0.25) is 14.9 Å². The van der Waals surface area contributed by atoms with Gasteiger partial charge in [-0.2, -0.15) is 11.8 Å². The minimum Gasteiger partial charge on any atom is -0.383 e. The number of carbonyl (C=O) groups is 1. The number of nitrogens with two attached hydrogens (primary N) is 1. The van der Waals surface area contributed by atoms with E-state index in [0.717, 1.165) is 6.20 Å². The molecule has 2 rings (SSSR count). The third-order valence-electron chi connectivity index (χ3n) is 3.05. The number of nitrogens with zero attached hydrogens (tertiary/aromatic N) is 3. The molecule has 0 bridgehead atoms. The quantitative estimate of drug-likeness (QED) is 0.656. The van der Waals surface area contributed by atoms with Crippen LogP contribution < -0.4 is 5.73 Å². The van der Waals surface area contributed by atoms with Crippen molar-refractivity contribution in [2.24, 2.45) is 0 Å². The first-order chi connectivity index (χ1) is 9.38. The molecule has 8 heteroatoms. The molecule has 0 radical (unpaired) electrons. The fraction of sp³-hybridized carbons (Fsp3) is 0.500. The summed E-state index contributed by atoms with van der Waals surface area (Å²) in [6.07, 6.45) is 1.06. The zero-order valence-electron chi connectivity index (χ0n) is 11.3. The van der Waals surface area contributed by atoms with Crippen LogP contribution in [-0.2, 0) is 0 Å². The number of nitrogen functional groups attached to an aromatic ring is 1. The Bertz CT molecular complexity index is 542. The fourth-order valence-corrected chi connectivity index (χ4v) is 3.57. The molecule has 1 aliphatic heterocycles. The highest BCUT2D eigenvalue weighted by atomic mass is 32.2. The van der Waals surface area contributed by atoms with Gasteiger partial charge < -0.3 is 10.6 Å². The van der Waals surface area contributed by atoms with Gasteiger partial charge in [0, 0.05) is 29.7 Å². The Morgan fingerprint density at radius 1 is 1.50 bits per heavy atom. The molecule has 2 N–H and O–H groups in total. The summed E-state index contributed by atoms with van der Waals surface area (Å²) < 4.78 is 0. The van der Waals surface area contributed by atoms with Crippen molar-refractivity contribution in [2.75, 3.05) is 18.8 Å². The average Bonchev–Trinajstić information content (AvgIpc) is 2.37. The summed E-state index contributed by atoms with van der Waals surface area (Å²) in [5.41, 5.74) is 5.56. The van der Waals surface area contributed by atoms with E-state index in [1.165, 1.54) is 6.07 Å². The number of hydrogen-bond donors (Lipinski definition) is 1. The highest BCUT2D eigenvalue weighted by molar-refractivity contribution is 8.00. The second-order valence-corrected chi connectivity index (χ2v) is 6.73. The molecular formula is C12H16N4O3S. The van der Waals surface area contributed by atoms with Crippen LogP contribution in [0.3, 0.4) is 0 Å². The van der Waals surface area contributed by atoms with Gasteiger partial charge in [-0.15, -0.1) is 0 Å². The molecule has 0 saturated carbocycles. The predicted octanol–water partition coefficient (Wildman–Crippen LogP) is 1.54. The van der Waals surface area contributed by atoms with Crippen molar-refractivity contribution < 1.29 is 9.72 Å². The molecule has 108 valence electrons. The number of amides is 1. The second-order valence-electron chi connectivity index (χ2n) is 4.85. The van der Waals surface area contributed by atoms with Crippen LogP contribution in [-0.4, -0.2) is 44.3 Å². The molecule has 1 aliphatic rings. The van der Waals surface area contributed by atoms with Crippen molar-refractivity contribution in [3.63, 3.8) is 0 Å². The minimum absolute atomic E-state index is 0.0270. The van der Waals surface area contributed by atoms with Gasteiger partial charge in [0.15, 0.2) is 0 Å². The van der Waals surface area contributed by atoms with E-state index in [4.69, 9.17) is 5.73 Å². The van der Waals surface area contributed by atoms with E-state index in [1.54, 1.807) is 4.90 Å². The highest BCUT2D eigenvalue weighted by Gasteiger charge is 2.28. The van der Waals surface area contributed by atoms with Crippen LogP contribution in [0.5, 0.6) is 0 Å². The SMILES string of the molecule is CC1CN(C(=O)c2cc([N+](=O)[O-])cnc2N)CC(C)S1. The first-order valence-electron chi connectivity index (χ1n) is 6.23. The number of rotatable bonds is 2. The van der Waals surface area contributed by atoms with E-state index < -0.39 is 4.92 Å². The van der Waals surface area contributed by atoms with Crippen molar-refractivity contribution in [2.45, 2.75) is 24.3 Å². The Kier molecular flexibility index (Phi) is 4.12. The number of thioether (sulfide) groups is 1. The lowest BCUT2D eigenvalue weighted by atomic mass is 10.2.